The number of ether oxygens (including phenoxy) is 1. The second-order valence-electron chi connectivity index (χ2n) is 4.35. The highest BCUT2D eigenvalue weighted by Gasteiger charge is 2.35. The Labute approximate surface area is 121 Å². The molecule has 21 heavy (non-hydrogen) atoms. The number of amides is 1. The smallest absolute Gasteiger partial charge is 0.383 e. The van der Waals surface area contributed by atoms with E-state index >= 15 is 0 Å². The van der Waals surface area contributed by atoms with Crippen molar-refractivity contribution in [2.75, 3.05) is 25.7 Å². The van der Waals surface area contributed by atoms with Crippen molar-refractivity contribution in [3.05, 3.63) is 28.2 Å². The van der Waals surface area contributed by atoms with E-state index in [9.17, 15) is 14.2 Å². The van der Waals surface area contributed by atoms with E-state index in [-0.39, 0.29) is 11.9 Å². The summed E-state index contributed by atoms with van der Waals surface area (Å²) in [4.78, 5) is 34.6. The molecular weight excluding hydrogens is 301 g/mol. The first-order valence-corrected chi connectivity index (χ1v) is 7.25. The molecule has 1 aliphatic rings. The molecule has 2 heterocycles. The Morgan fingerprint density at radius 1 is 1.48 bits per heavy atom. The molecule has 9 nitrogen and oxygen atoms in total. The van der Waals surface area contributed by atoms with Crippen molar-refractivity contribution in [3.63, 3.8) is 0 Å². The predicted molar refractivity (Wildman–Crippen MR) is 72.9 cm³/mol. The number of aromatic nitrogens is 1. The summed E-state index contributed by atoms with van der Waals surface area (Å²) in [6.45, 7) is 2.39. The van der Waals surface area contributed by atoms with Gasteiger partial charge in [-0.05, 0) is 6.92 Å². The van der Waals surface area contributed by atoms with Crippen LogP contribution in [-0.4, -0.2) is 46.8 Å². The van der Waals surface area contributed by atoms with Gasteiger partial charge in [-0.3, -0.25) is 14.3 Å². The van der Waals surface area contributed by atoms with E-state index in [0.717, 1.165) is 6.07 Å². The second-order valence-corrected chi connectivity index (χ2v) is 5.01. The fourth-order valence-corrected chi connectivity index (χ4v) is 2.39. The van der Waals surface area contributed by atoms with Crippen molar-refractivity contribution >= 4 is 14.2 Å². The van der Waals surface area contributed by atoms with E-state index in [1.807, 2.05) is 0 Å². The van der Waals surface area contributed by atoms with Crippen LogP contribution in [0.5, 0.6) is 5.75 Å². The molecule has 1 aliphatic heterocycles. The first-order chi connectivity index (χ1) is 9.95. The van der Waals surface area contributed by atoms with Crippen molar-refractivity contribution in [2.45, 2.75) is 13.1 Å². The van der Waals surface area contributed by atoms with Crippen molar-refractivity contribution in [2.24, 2.45) is 0 Å². The number of hydrogen-bond acceptors (Lipinski definition) is 6. The Hall–Kier alpha value is -1.96. The zero-order valence-electron chi connectivity index (χ0n) is 11.5. The molecule has 0 aliphatic carbocycles. The Bertz CT molecular complexity index is 631. The molecule has 0 fully saturated rings. The SMILES string of the molecule is COCCN1C(=O)c2c(O[P+](=O)O)c(=O)ccn2N[C@@H]1C. The standard InChI is InChI=1S/C11H14N3O6P/c1-7-12-14-4-3-8(15)10(20-21(17)18)9(14)11(16)13(7)5-6-19-2/h3-4,7,12H,5-6H2,1-2H3/p+1/t7-/m0/s1. The predicted octanol–water partition coefficient (Wildman–Crippen LogP) is -0.132. The minimum Gasteiger partial charge on any atom is -0.383 e. The highest BCUT2D eigenvalue weighted by molar-refractivity contribution is 7.32. The maximum Gasteiger partial charge on any atom is 0.747 e. The van der Waals surface area contributed by atoms with Gasteiger partial charge in [0.05, 0.1) is 6.61 Å². The van der Waals surface area contributed by atoms with Crippen LogP contribution >= 0.6 is 8.25 Å². The van der Waals surface area contributed by atoms with Crippen LogP contribution in [0.25, 0.3) is 0 Å². The Balaban J connectivity index is 2.47. The van der Waals surface area contributed by atoms with Crippen LogP contribution in [0, 0.1) is 0 Å². The average Bonchev–Trinajstić information content (AvgIpc) is 2.41. The summed E-state index contributed by atoms with van der Waals surface area (Å²) in [5, 5.41) is 0. The molecule has 0 saturated carbocycles. The van der Waals surface area contributed by atoms with Crippen molar-refractivity contribution in [1.82, 2.24) is 9.58 Å². The normalized spacial score (nSPS) is 18.0. The van der Waals surface area contributed by atoms with Crippen molar-refractivity contribution < 1.29 is 23.5 Å². The minimum atomic E-state index is -3.05. The van der Waals surface area contributed by atoms with E-state index in [0.29, 0.717) is 13.2 Å². The fraction of sp³-hybridized carbons (Fsp3) is 0.455. The summed E-state index contributed by atoms with van der Waals surface area (Å²) in [6.07, 6.45) is 1.04. The van der Waals surface area contributed by atoms with Gasteiger partial charge in [-0.2, -0.15) is 0 Å². The van der Waals surface area contributed by atoms with Crippen LogP contribution in [0.4, 0.5) is 0 Å². The number of hydrogen-bond donors (Lipinski definition) is 2. The molecule has 1 amide bonds. The lowest BCUT2D eigenvalue weighted by Crippen LogP contribution is -2.53. The lowest BCUT2D eigenvalue weighted by Gasteiger charge is -2.36. The largest absolute Gasteiger partial charge is 0.747 e. The summed E-state index contributed by atoms with van der Waals surface area (Å²) in [6, 6.07) is 1.15. The number of nitrogens with one attached hydrogen (secondary N) is 1. The summed E-state index contributed by atoms with van der Waals surface area (Å²) >= 11 is 0. The maximum atomic E-state index is 12.5. The average molecular weight is 316 g/mol. The van der Waals surface area contributed by atoms with Crippen LogP contribution in [0.2, 0.25) is 0 Å². The van der Waals surface area contributed by atoms with Gasteiger partial charge in [0.15, 0.2) is 5.69 Å². The molecule has 0 saturated heterocycles. The Kier molecular flexibility index (Phi) is 4.56. The molecule has 114 valence electrons. The summed E-state index contributed by atoms with van der Waals surface area (Å²) in [7, 11) is -1.54. The number of rotatable bonds is 5. The van der Waals surface area contributed by atoms with Gasteiger partial charge in [0, 0.05) is 30.5 Å². The summed E-state index contributed by atoms with van der Waals surface area (Å²) in [5.74, 6) is -0.934. The number of fused-ring (bicyclic) bond motifs is 1. The first kappa shape index (κ1) is 15.4. The molecule has 0 radical (unpaired) electrons. The van der Waals surface area contributed by atoms with Crippen LogP contribution in [0.15, 0.2) is 17.1 Å². The van der Waals surface area contributed by atoms with Gasteiger partial charge in [-0.15, -0.1) is 4.89 Å². The third-order valence-corrected chi connectivity index (χ3v) is 3.36. The van der Waals surface area contributed by atoms with E-state index in [1.165, 1.54) is 22.9 Å². The second kappa shape index (κ2) is 6.21. The van der Waals surface area contributed by atoms with Gasteiger partial charge < -0.3 is 15.1 Å². The topological polar surface area (TPSA) is 110 Å². The number of pyridine rings is 1. The Morgan fingerprint density at radius 3 is 2.81 bits per heavy atom. The Morgan fingerprint density at radius 2 is 2.19 bits per heavy atom. The molecule has 2 N–H and O–H groups in total. The van der Waals surface area contributed by atoms with Gasteiger partial charge in [0.1, 0.15) is 6.17 Å². The fourth-order valence-electron chi connectivity index (χ4n) is 2.06. The zero-order valence-corrected chi connectivity index (χ0v) is 12.4. The molecule has 0 aromatic carbocycles. The highest BCUT2D eigenvalue weighted by Crippen LogP contribution is 2.26. The molecule has 1 aromatic heterocycles. The van der Waals surface area contributed by atoms with Gasteiger partial charge >= 0.3 is 8.25 Å². The number of carbonyl (C=O) groups excluding carboxylic acids is 1. The lowest BCUT2D eigenvalue weighted by molar-refractivity contribution is 0.0579. The molecule has 0 spiro atoms. The highest BCUT2D eigenvalue weighted by atomic mass is 31.1. The quantitative estimate of drug-likeness (QED) is 0.728. The van der Waals surface area contributed by atoms with Gasteiger partial charge in [-0.1, -0.05) is 0 Å². The summed E-state index contributed by atoms with van der Waals surface area (Å²) in [5.41, 5.74) is 2.20. The molecule has 2 atom stereocenters. The van der Waals surface area contributed by atoms with Gasteiger partial charge in [-0.25, -0.2) is 4.52 Å². The van der Waals surface area contributed by atoms with E-state index in [2.05, 4.69) is 9.95 Å². The minimum absolute atomic E-state index is 0.117. The van der Waals surface area contributed by atoms with Gasteiger partial charge in [0.25, 0.3) is 11.7 Å². The number of nitrogens with zero attached hydrogens (tertiary/aromatic N) is 2. The lowest BCUT2D eigenvalue weighted by atomic mass is 10.2. The molecular formula is C11H15N3O6P+. The molecule has 1 unspecified atom stereocenters. The van der Waals surface area contributed by atoms with Crippen molar-refractivity contribution in [3.8, 4) is 5.75 Å². The van der Waals surface area contributed by atoms with Gasteiger partial charge in [0.2, 0.25) is 5.43 Å². The van der Waals surface area contributed by atoms with E-state index in [4.69, 9.17) is 9.63 Å². The maximum absolute atomic E-state index is 12.5. The summed E-state index contributed by atoms with van der Waals surface area (Å²) < 4.78 is 21.7. The molecule has 2 rings (SSSR count). The van der Waals surface area contributed by atoms with Crippen LogP contribution in [0.3, 0.4) is 0 Å². The zero-order chi connectivity index (χ0) is 15.6. The monoisotopic (exact) mass is 316 g/mol. The number of carbonyl (C=O) groups is 1. The van der Waals surface area contributed by atoms with E-state index in [1.54, 1.807) is 6.92 Å². The van der Waals surface area contributed by atoms with E-state index < -0.39 is 25.3 Å². The van der Waals surface area contributed by atoms with Crippen LogP contribution in [-0.2, 0) is 9.30 Å². The molecule has 0 bridgehead atoms. The third-order valence-electron chi connectivity index (χ3n) is 3.02. The molecule has 10 heteroatoms. The third kappa shape index (κ3) is 3.05. The van der Waals surface area contributed by atoms with Crippen LogP contribution in [0.1, 0.15) is 17.4 Å². The van der Waals surface area contributed by atoms with Crippen LogP contribution < -0.4 is 15.4 Å². The number of methoxy groups -OCH3 is 1. The van der Waals surface area contributed by atoms with Crippen molar-refractivity contribution in [1.29, 1.82) is 0 Å². The first-order valence-electron chi connectivity index (χ1n) is 6.12. The molecule has 1 aromatic rings.